The third kappa shape index (κ3) is 3.71. The van der Waals surface area contributed by atoms with Crippen molar-refractivity contribution in [2.75, 3.05) is 26.8 Å². The number of benzene rings is 1. The van der Waals surface area contributed by atoms with E-state index < -0.39 is 0 Å². The Morgan fingerprint density at radius 2 is 1.91 bits per heavy atom. The fraction of sp³-hybridized carbons (Fsp3) is 0.588. The molecule has 0 aromatic heterocycles. The van der Waals surface area contributed by atoms with Gasteiger partial charge in [-0.25, -0.2) is 0 Å². The van der Waals surface area contributed by atoms with Crippen LogP contribution in [0.5, 0.6) is 11.5 Å². The first-order valence-electron chi connectivity index (χ1n) is 8.05. The van der Waals surface area contributed by atoms with Crippen molar-refractivity contribution in [1.29, 1.82) is 0 Å². The van der Waals surface area contributed by atoms with Crippen LogP contribution in [-0.4, -0.2) is 49.7 Å². The number of carbonyl (C=O) groups is 1. The maximum atomic E-state index is 12.3. The minimum atomic E-state index is 0.197. The highest BCUT2D eigenvalue weighted by molar-refractivity contribution is 5.76. The van der Waals surface area contributed by atoms with Crippen molar-refractivity contribution >= 4 is 5.91 Å². The molecule has 2 bridgehead atoms. The molecule has 120 valence electrons. The van der Waals surface area contributed by atoms with Gasteiger partial charge in [-0.1, -0.05) is 0 Å². The lowest BCUT2D eigenvalue weighted by Crippen LogP contribution is -2.39. The molecule has 2 atom stereocenters. The highest BCUT2D eigenvalue weighted by Crippen LogP contribution is 2.21. The second-order valence-corrected chi connectivity index (χ2v) is 6.04. The molecule has 2 aliphatic heterocycles. The molecule has 2 unspecified atom stereocenters. The Kier molecular flexibility index (Phi) is 4.83. The maximum absolute atomic E-state index is 12.3. The summed E-state index contributed by atoms with van der Waals surface area (Å²) in [7, 11) is 1.64. The van der Waals surface area contributed by atoms with Crippen LogP contribution in [0.1, 0.15) is 25.7 Å². The molecular formula is C17H24N2O3. The van der Waals surface area contributed by atoms with E-state index in [1.807, 2.05) is 29.2 Å². The molecule has 1 aromatic rings. The number of fused-ring (bicyclic) bond motifs is 2. The molecule has 0 radical (unpaired) electrons. The second-order valence-electron chi connectivity index (χ2n) is 6.04. The smallest absolute Gasteiger partial charge is 0.226 e. The molecular weight excluding hydrogens is 280 g/mol. The number of hydrogen-bond acceptors (Lipinski definition) is 4. The van der Waals surface area contributed by atoms with Crippen LogP contribution in [0, 0.1) is 0 Å². The fourth-order valence-electron chi connectivity index (χ4n) is 3.26. The summed E-state index contributed by atoms with van der Waals surface area (Å²) in [5.74, 6) is 1.77. The average Bonchev–Trinajstić information content (AvgIpc) is 2.87. The molecule has 3 rings (SSSR count). The van der Waals surface area contributed by atoms with Gasteiger partial charge in [-0.2, -0.15) is 0 Å². The third-order valence-corrected chi connectivity index (χ3v) is 4.52. The molecule has 0 saturated carbocycles. The summed E-state index contributed by atoms with van der Waals surface area (Å²) in [6.07, 6.45) is 3.95. The summed E-state index contributed by atoms with van der Waals surface area (Å²) in [4.78, 5) is 14.3. The van der Waals surface area contributed by atoms with Crippen LogP contribution in [0.2, 0.25) is 0 Å². The monoisotopic (exact) mass is 304 g/mol. The molecule has 0 spiro atoms. The van der Waals surface area contributed by atoms with Crippen molar-refractivity contribution < 1.29 is 14.3 Å². The summed E-state index contributed by atoms with van der Waals surface area (Å²) in [5, 5.41) is 3.59. The summed E-state index contributed by atoms with van der Waals surface area (Å²) in [5.41, 5.74) is 0. The predicted octanol–water partition coefficient (Wildman–Crippen LogP) is 1.82. The molecule has 2 aliphatic rings. The van der Waals surface area contributed by atoms with E-state index in [2.05, 4.69) is 5.32 Å². The average molecular weight is 304 g/mol. The van der Waals surface area contributed by atoms with E-state index in [0.717, 1.165) is 31.0 Å². The van der Waals surface area contributed by atoms with Crippen LogP contribution in [0.25, 0.3) is 0 Å². The Morgan fingerprint density at radius 3 is 2.68 bits per heavy atom. The maximum Gasteiger partial charge on any atom is 0.226 e. The summed E-state index contributed by atoms with van der Waals surface area (Å²) < 4.78 is 10.7. The van der Waals surface area contributed by atoms with Crippen molar-refractivity contribution in [3.8, 4) is 11.5 Å². The summed E-state index contributed by atoms with van der Waals surface area (Å²) in [6.45, 7) is 2.14. The number of likely N-dealkylation sites (tertiary alicyclic amines) is 1. The molecule has 5 nitrogen and oxygen atoms in total. The minimum absolute atomic E-state index is 0.197. The summed E-state index contributed by atoms with van der Waals surface area (Å²) >= 11 is 0. The van der Waals surface area contributed by atoms with Crippen LogP contribution in [0.3, 0.4) is 0 Å². The first kappa shape index (κ1) is 15.2. The van der Waals surface area contributed by atoms with Gasteiger partial charge in [0.1, 0.15) is 11.5 Å². The standard InChI is InChI=1S/C17H24N2O3/c1-21-15-4-6-16(7-5-15)22-11-9-17(20)19-10-8-13-2-3-14(12-19)18-13/h4-7,13-14,18H,2-3,8-12H2,1H3. The molecule has 1 N–H and O–H groups in total. The van der Waals surface area contributed by atoms with Gasteiger partial charge in [-0.3, -0.25) is 4.79 Å². The SMILES string of the molecule is COc1ccc(OCCC(=O)N2CCC3CCC(C2)N3)cc1. The molecule has 2 fully saturated rings. The molecule has 2 heterocycles. The van der Waals surface area contributed by atoms with Gasteiger partial charge in [0.05, 0.1) is 20.1 Å². The number of nitrogens with one attached hydrogen (secondary N) is 1. The van der Waals surface area contributed by atoms with Crippen LogP contribution in [-0.2, 0) is 4.79 Å². The number of nitrogens with zero attached hydrogens (tertiary/aromatic N) is 1. The predicted molar refractivity (Wildman–Crippen MR) is 84.2 cm³/mol. The highest BCUT2D eigenvalue weighted by Gasteiger charge is 2.30. The third-order valence-electron chi connectivity index (χ3n) is 4.52. The van der Waals surface area contributed by atoms with Gasteiger partial charge in [-0.05, 0) is 43.5 Å². The quantitative estimate of drug-likeness (QED) is 0.901. The van der Waals surface area contributed by atoms with Gasteiger partial charge >= 0.3 is 0 Å². The first-order valence-corrected chi connectivity index (χ1v) is 8.05. The highest BCUT2D eigenvalue weighted by atomic mass is 16.5. The van der Waals surface area contributed by atoms with Crippen LogP contribution in [0.15, 0.2) is 24.3 Å². The zero-order chi connectivity index (χ0) is 15.4. The Morgan fingerprint density at radius 1 is 1.18 bits per heavy atom. The van der Waals surface area contributed by atoms with E-state index in [9.17, 15) is 4.79 Å². The van der Waals surface area contributed by atoms with E-state index in [0.29, 0.717) is 25.1 Å². The fourth-order valence-corrected chi connectivity index (χ4v) is 3.26. The number of methoxy groups -OCH3 is 1. The topological polar surface area (TPSA) is 50.8 Å². The Hall–Kier alpha value is -1.75. The minimum Gasteiger partial charge on any atom is -0.497 e. The van der Waals surface area contributed by atoms with Crippen LogP contribution < -0.4 is 14.8 Å². The molecule has 2 saturated heterocycles. The van der Waals surface area contributed by atoms with E-state index >= 15 is 0 Å². The summed E-state index contributed by atoms with van der Waals surface area (Å²) in [6, 6.07) is 8.52. The van der Waals surface area contributed by atoms with Gasteiger partial charge in [0.15, 0.2) is 0 Å². The number of hydrogen-bond donors (Lipinski definition) is 1. The number of carbonyl (C=O) groups excluding carboxylic acids is 1. The lowest BCUT2D eigenvalue weighted by molar-refractivity contribution is -0.131. The van der Waals surface area contributed by atoms with Crippen molar-refractivity contribution in [2.24, 2.45) is 0 Å². The van der Waals surface area contributed by atoms with Gasteiger partial charge in [0.25, 0.3) is 0 Å². The van der Waals surface area contributed by atoms with E-state index in [1.165, 1.54) is 12.8 Å². The molecule has 1 aromatic carbocycles. The number of rotatable bonds is 5. The van der Waals surface area contributed by atoms with E-state index in [-0.39, 0.29) is 5.91 Å². The molecule has 1 amide bonds. The van der Waals surface area contributed by atoms with Gasteiger partial charge in [-0.15, -0.1) is 0 Å². The zero-order valence-corrected chi connectivity index (χ0v) is 13.1. The molecule has 5 heteroatoms. The van der Waals surface area contributed by atoms with Crippen molar-refractivity contribution in [3.05, 3.63) is 24.3 Å². The lowest BCUT2D eigenvalue weighted by atomic mass is 10.1. The normalized spacial score (nSPS) is 24.0. The van der Waals surface area contributed by atoms with E-state index in [4.69, 9.17) is 9.47 Å². The largest absolute Gasteiger partial charge is 0.497 e. The zero-order valence-electron chi connectivity index (χ0n) is 13.1. The Bertz CT molecular complexity index is 503. The second kappa shape index (κ2) is 7.01. The Labute approximate surface area is 131 Å². The first-order chi connectivity index (χ1) is 10.7. The van der Waals surface area contributed by atoms with Crippen LogP contribution in [0.4, 0.5) is 0 Å². The lowest BCUT2D eigenvalue weighted by Gasteiger charge is -2.24. The molecule has 0 aliphatic carbocycles. The molecule has 22 heavy (non-hydrogen) atoms. The van der Waals surface area contributed by atoms with Gasteiger partial charge in [0.2, 0.25) is 5.91 Å². The van der Waals surface area contributed by atoms with Crippen LogP contribution >= 0.6 is 0 Å². The van der Waals surface area contributed by atoms with Crippen molar-refractivity contribution in [3.63, 3.8) is 0 Å². The van der Waals surface area contributed by atoms with Crippen molar-refractivity contribution in [2.45, 2.75) is 37.8 Å². The van der Waals surface area contributed by atoms with Gasteiger partial charge < -0.3 is 19.7 Å². The van der Waals surface area contributed by atoms with Gasteiger partial charge in [0, 0.05) is 25.2 Å². The van der Waals surface area contributed by atoms with E-state index in [1.54, 1.807) is 7.11 Å². The number of amides is 1. The Balaban J connectivity index is 1.43. The number of ether oxygens (including phenoxy) is 2. The van der Waals surface area contributed by atoms with Crippen molar-refractivity contribution in [1.82, 2.24) is 10.2 Å².